The van der Waals surface area contributed by atoms with Crippen molar-refractivity contribution in [1.82, 2.24) is 20.2 Å². The maximum atomic E-state index is 12.7. The van der Waals surface area contributed by atoms with Gasteiger partial charge in [-0.05, 0) is 30.4 Å². The Balaban J connectivity index is 2.60. The van der Waals surface area contributed by atoms with Crippen molar-refractivity contribution in [1.29, 1.82) is 0 Å². The van der Waals surface area contributed by atoms with E-state index in [1.54, 1.807) is 0 Å². The summed E-state index contributed by atoms with van der Waals surface area (Å²) in [4.78, 5) is 0. The summed E-state index contributed by atoms with van der Waals surface area (Å²) < 4.78 is 39.2. The average molecular weight is 325 g/mol. The molecule has 1 heterocycles. The molecule has 0 aliphatic heterocycles. The molecule has 0 amide bonds. The number of aromatic nitrogens is 4. The number of aromatic amines is 1. The van der Waals surface area contributed by atoms with E-state index in [1.165, 1.54) is 16.8 Å². The van der Waals surface area contributed by atoms with Crippen LogP contribution in [0.15, 0.2) is 22.7 Å². The summed E-state index contributed by atoms with van der Waals surface area (Å²) in [6, 6.07) is 3.72. The largest absolute Gasteiger partial charge is 0.417 e. The third kappa shape index (κ3) is 2.39. The third-order valence-electron chi connectivity index (χ3n) is 1.99. The smallest absolute Gasteiger partial charge is 0.210 e. The molecule has 1 aromatic heterocycles. The molecule has 0 saturated heterocycles. The van der Waals surface area contributed by atoms with E-state index in [-0.39, 0.29) is 14.9 Å². The van der Waals surface area contributed by atoms with Crippen LogP contribution in [0.3, 0.4) is 0 Å². The Bertz CT molecular complexity index is 603. The van der Waals surface area contributed by atoms with Crippen molar-refractivity contribution in [3.05, 3.63) is 33.0 Å². The predicted molar refractivity (Wildman–Crippen MR) is 59.2 cm³/mol. The van der Waals surface area contributed by atoms with Gasteiger partial charge in [0.15, 0.2) is 0 Å². The molecule has 1 N–H and O–H groups in total. The lowest BCUT2D eigenvalue weighted by molar-refractivity contribution is -0.138. The van der Waals surface area contributed by atoms with Crippen LogP contribution < -0.4 is 0 Å². The van der Waals surface area contributed by atoms with E-state index in [0.717, 1.165) is 6.07 Å². The number of rotatable bonds is 1. The van der Waals surface area contributed by atoms with Crippen LogP contribution in [0.4, 0.5) is 13.2 Å². The van der Waals surface area contributed by atoms with Crippen LogP contribution in [-0.4, -0.2) is 20.2 Å². The molecule has 0 bridgehead atoms. The number of tetrazole rings is 1. The normalized spacial score (nSPS) is 11.8. The molecule has 0 atom stereocenters. The summed E-state index contributed by atoms with van der Waals surface area (Å²) in [5, 5.41) is 9.28. The standard InChI is InChI=1S/C8H4BrF3N4S/c9-6-2-1-4(3-5(6)8(10,11)12)16-7(17)13-14-15-16/h1-3H,(H,13,15,17). The SMILES string of the molecule is FC(F)(F)c1cc(-n2[nH]nnc2=S)ccc1Br. The number of halogens is 4. The topological polar surface area (TPSA) is 46.5 Å². The van der Waals surface area contributed by atoms with Gasteiger partial charge < -0.3 is 0 Å². The second-order valence-corrected chi connectivity index (χ2v) is 4.30. The summed E-state index contributed by atoms with van der Waals surface area (Å²) in [5.74, 6) is 0. The summed E-state index contributed by atoms with van der Waals surface area (Å²) in [5.41, 5.74) is -0.568. The highest BCUT2D eigenvalue weighted by Crippen LogP contribution is 2.35. The maximum absolute atomic E-state index is 12.7. The van der Waals surface area contributed by atoms with Crippen LogP contribution in [-0.2, 0) is 6.18 Å². The van der Waals surface area contributed by atoms with Gasteiger partial charge in [-0.2, -0.15) is 18.4 Å². The zero-order valence-electron chi connectivity index (χ0n) is 7.99. The maximum Gasteiger partial charge on any atom is 0.417 e. The number of hydrogen-bond acceptors (Lipinski definition) is 3. The lowest BCUT2D eigenvalue weighted by Gasteiger charge is -2.10. The van der Waals surface area contributed by atoms with E-state index in [1.807, 2.05) is 0 Å². The van der Waals surface area contributed by atoms with Crippen molar-refractivity contribution < 1.29 is 13.2 Å². The number of nitrogens with one attached hydrogen (secondary N) is 1. The lowest BCUT2D eigenvalue weighted by atomic mass is 10.2. The highest BCUT2D eigenvalue weighted by atomic mass is 79.9. The van der Waals surface area contributed by atoms with Crippen molar-refractivity contribution in [2.45, 2.75) is 6.18 Å². The van der Waals surface area contributed by atoms with E-state index in [4.69, 9.17) is 12.2 Å². The minimum atomic E-state index is -4.44. The van der Waals surface area contributed by atoms with E-state index in [0.29, 0.717) is 0 Å². The van der Waals surface area contributed by atoms with Gasteiger partial charge in [-0.25, -0.2) is 4.68 Å². The molecule has 2 rings (SSSR count). The van der Waals surface area contributed by atoms with Gasteiger partial charge in [0, 0.05) is 4.47 Å². The Morgan fingerprint density at radius 1 is 1.35 bits per heavy atom. The first kappa shape index (κ1) is 12.2. The van der Waals surface area contributed by atoms with Crippen LogP contribution in [0, 0.1) is 4.77 Å². The number of nitrogens with zero attached hydrogens (tertiary/aromatic N) is 3. The zero-order chi connectivity index (χ0) is 12.6. The molecule has 2 aromatic rings. The summed E-state index contributed by atoms with van der Waals surface area (Å²) >= 11 is 7.65. The second-order valence-electron chi connectivity index (χ2n) is 3.08. The van der Waals surface area contributed by atoms with Gasteiger partial charge in [0.2, 0.25) is 4.77 Å². The van der Waals surface area contributed by atoms with Crippen molar-refractivity contribution in [3.8, 4) is 5.69 Å². The fourth-order valence-corrected chi connectivity index (χ4v) is 1.89. The highest BCUT2D eigenvalue weighted by Gasteiger charge is 2.33. The van der Waals surface area contributed by atoms with Gasteiger partial charge in [0.25, 0.3) is 0 Å². The van der Waals surface area contributed by atoms with E-state index >= 15 is 0 Å². The Kier molecular flexibility index (Phi) is 3.04. The molecule has 0 spiro atoms. The Hall–Kier alpha value is -1.22. The molecule has 0 aliphatic rings. The molecule has 0 fully saturated rings. The number of H-pyrrole nitrogens is 1. The molecular formula is C8H4BrF3N4S. The first-order valence-corrected chi connectivity index (χ1v) is 5.47. The zero-order valence-corrected chi connectivity index (χ0v) is 10.4. The van der Waals surface area contributed by atoms with Crippen LogP contribution in [0.2, 0.25) is 0 Å². The highest BCUT2D eigenvalue weighted by molar-refractivity contribution is 9.10. The van der Waals surface area contributed by atoms with Gasteiger partial charge in [-0.1, -0.05) is 26.2 Å². The van der Waals surface area contributed by atoms with E-state index in [2.05, 4.69) is 31.5 Å². The Morgan fingerprint density at radius 3 is 2.59 bits per heavy atom. The number of benzene rings is 1. The van der Waals surface area contributed by atoms with E-state index in [9.17, 15) is 13.2 Å². The van der Waals surface area contributed by atoms with Gasteiger partial charge in [-0.15, -0.1) is 0 Å². The number of hydrogen-bond donors (Lipinski definition) is 1. The molecule has 9 heteroatoms. The Labute approximate surface area is 107 Å². The second kappa shape index (κ2) is 4.22. The summed E-state index contributed by atoms with van der Waals surface area (Å²) in [7, 11) is 0. The van der Waals surface area contributed by atoms with Crippen LogP contribution >= 0.6 is 28.1 Å². The monoisotopic (exact) mass is 324 g/mol. The molecule has 0 aliphatic carbocycles. The third-order valence-corrected chi connectivity index (χ3v) is 2.94. The fourth-order valence-electron chi connectivity index (χ4n) is 1.24. The van der Waals surface area contributed by atoms with Crippen LogP contribution in [0.25, 0.3) is 5.69 Å². The van der Waals surface area contributed by atoms with Gasteiger partial charge in [0.05, 0.1) is 11.3 Å². The Morgan fingerprint density at radius 2 is 2.06 bits per heavy atom. The molecule has 90 valence electrons. The van der Waals surface area contributed by atoms with Crippen LogP contribution in [0.5, 0.6) is 0 Å². The van der Waals surface area contributed by atoms with Gasteiger partial charge in [-0.3, -0.25) is 0 Å². The van der Waals surface area contributed by atoms with Crippen molar-refractivity contribution in [3.63, 3.8) is 0 Å². The van der Waals surface area contributed by atoms with Gasteiger partial charge >= 0.3 is 6.18 Å². The van der Waals surface area contributed by atoms with Crippen molar-refractivity contribution in [2.24, 2.45) is 0 Å². The van der Waals surface area contributed by atoms with Crippen LogP contribution in [0.1, 0.15) is 5.56 Å². The number of alkyl halides is 3. The lowest BCUT2D eigenvalue weighted by Crippen LogP contribution is -2.08. The predicted octanol–water partition coefficient (Wildman–Crippen LogP) is 3.11. The minimum absolute atomic E-state index is 0.0345. The molecular weight excluding hydrogens is 321 g/mol. The summed E-state index contributed by atoms with van der Waals surface area (Å²) in [6.45, 7) is 0. The quantitative estimate of drug-likeness (QED) is 0.820. The average Bonchev–Trinajstić information content (AvgIpc) is 2.63. The fraction of sp³-hybridized carbons (Fsp3) is 0.125. The molecule has 0 unspecified atom stereocenters. The molecule has 0 saturated carbocycles. The molecule has 0 radical (unpaired) electrons. The van der Waals surface area contributed by atoms with Crippen molar-refractivity contribution in [2.75, 3.05) is 0 Å². The molecule has 17 heavy (non-hydrogen) atoms. The van der Waals surface area contributed by atoms with Gasteiger partial charge in [0.1, 0.15) is 0 Å². The van der Waals surface area contributed by atoms with Crippen molar-refractivity contribution >= 4 is 28.1 Å². The first-order chi connectivity index (χ1) is 7.89. The minimum Gasteiger partial charge on any atom is -0.210 e. The molecule has 4 nitrogen and oxygen atoms in total. The molecule has 1 aromatic carbocycles. The first-order valence-electron chi connectivity index (χ1n) is 4.27. The van der Waals surface area contributed by atoms with E-state index < -0.39 is 11.7 Å². The summed E-state index contributed by atoms with van der Waals surface area (Å²) in [6.07, 6.45) is -4.44.